The fraction of sp³-hybridized carbons (Fsp3) is 0.571. The van der Waals surface area contributed by atoms with Crippen molar-refractivity contribution in [2.75, 3.05) is 31.6 Å². The zero-order valence-electron chi connectivity index (χ0n) is 11.0. The molecule has 0 bridgehead atoms. The highest BCUT2D eigenvalue weighted by atomic mass is 19.1. The molecular formula is C14H23FN2. The summed E-state index contributed by atoms with van der Waals surface area (Å²) >= 11 is 0. The van der Waals surface area contributed by atoms with E-state index in [1.807, 2.05) is 19.2 Å². The summed E-state index contributed by atoms with van der Waals surface area (Å²) in [7, 11) is 2.04. The Morgan fingerprint density at radius 3 is 2.47 bits per heavy atom. The number of anilines is 1. The lowest BCUT2D eigenvalue weighted by molar-refractivity contribution is 0.543. The molecule has 0 spiro atoms. The molecule has 0 heterocycles. The first-order chi connectivity index (χ1) is 8.09. The summed E-state index contributed by atoms with van der Waals surface area (Å²) in [4.78, 5) is 2.15. The van der Waals surface area contributed by atoms with E-state index in [4.69, 9.17) is 0 Å². The van der Waals surface area contributed by atoms with E-state index in [9.17, 15) is 4.39 Å². The standard InChI is InChI=1S/C14H23FN2/c1-12(2)11-16-9-4-10-17(3)14-7-5-13(15)6-8-14/h5-8,12,16H,4,9-11H2,1-3H3. The molecule has 0 amide bonds. The highest BCUT2D eigenvalue weighted by Gasteiger charge is 2.00. The van der Waals surface area contributed by atoms with Gasteiger partial charge in [0.15, 0.2) is 0 Å². The Morgan fingerprint density at radius 1 is 1.24 bits per heavy atom. The Hall–Kier alpha value is -1.09. The number of nitrogens with one attached hydrogen (secondary N) is 1. The predicted molar refractivity (Wildman–Crippen MR) is 72.0 cm³/mol. The molecule has 0 atom stereocenters. The van der Waals surface area contributed by atoms with Crippen molar-refractivity contribution in [3.63, 3.8) is 0 Å². The number of nitrogens with zero attached hydrogens (tertiary/aromatic N) is 1. The van der Waals surface area contributed by atoms with Gasteiger partial charge in [0.05, 0.1) is 0 Å². The second kappa shape index (κ2) is 7.28. The monoisotopic (exact) mass is 238 g/mol. The first-order valence-corrected chi connectivity index (χ1v) is 6.27. The molecule has 0 aliphatic rings. The van der Waals surface area contributed by atoms with Gasteiger partial charge in [0, 0.05) is 19.3 Å². The summed E-state index contributed by atoms with van der Waals surface area (Å²) in [6.07, 6.45) is 1.10. The highest BCUT2D eigenvalue weighted by molar-refractivity contribution is 5.45. The van der Waals surface area contributed by atoms with E-state index in [0.29, 0.717) is 5.92 Å². The van der Waals surface area contributed by atoms with Gasteiger partial charge in [0.1, 0.15) is 5.82 Å². The van der Waals surface area contributed by atoms with Crippen LogP contribution >= 0.6 is 0 Å². The Balaban J connectivity index is 2.21. The van der Waals surface area contributed by atoms with E-state index >= 15 is 0 Å². The van der Waals surface area contributed by atoms with Crippen molar-refractivity contribution in [3.8, 4) is 0 Å². The lowest BCUT2D eigenvalue weighted by Crippen LogP contribution is -2.25. The SMILES string of the molecule is CC(C)CNCCCN(C)c1ccc(F)cc1. The van der Waals surface area contributed by atoms with Gasteiger partial charge < -0.3 is 10.2 Å². The quantitative estimate of drug-likeness (QED) is 0.735. The van der Waals surface area contributed by atoms with Gasteiger partial charge in [0.2, 0.25) is 0 Å². The molecule has 0 aromatic heterocycles. The minimum absolute atomic E-state index is 0.180. The van der Waals surface area contributed by atoms with Crippen molar-refractivity contribution in [3.05, 3.63) is 30.1 Å². The Morgan fingerprint density at radius 2 is 1.88 bits per heavy atom. The smallest absolute Gasteiger partial charge is 0.123 e. The van der Waals surface area contributed by atoms with E-state index in [0.717, 1.165) is 31.7 Å². The van der Waals surface area contributed by atoms with Crippen molar-refractivity contribution >= 4 is 5.69 Å². The van der Waals surface area contributed by atoms with Gasteiger partial charge >= 0.3 is 0 Å². The number of hydrogen-bond acceptors (Lipinski definition) is 2. The summed E-state index contributed by atoms with van der Waals surface area (Å²) in [6, 6.07) is 6.64. The van der Waals surface area contributed by atoms with Crippen molar-refractivity contribution in [1.29, 1.82) is 0 Å². The fourth-order valence-corrected chi connectivity index (χ4v) is 1.66. The minimum Gasteiger partial charge on any atom is -0.375 e. The molecule has 0 saturated heterocycles. The summed E-state index contributed by atoms with van der Waals surface area (Å²) in [5.41, 5.74) is 1.07. The average Bonchev–Trinajstić information content (AvgIpc) is 2.29. The third-order valence-corrected chi connectivity index (χ3v) is 2.67. The van der Waals surface area contributed by atoms with Gasteiger partial charge in [-0.2, -0.15) is 0 Å². The van der Waals surface area contributed by atoms with Crippen LogP contribution in [0.3, 0.4) is 0 Å². The zero-order valence-corrected chi connectivity index (χ0v) is 11.0. The van der Waals surface area contributed by atoms with E-state index in [1.165, 1.54) is 12.1 Å². The molecule has 0 unspecified atom stereocenters. The van der Waals surface area contributed by atoms with Crippen molar-refractivity contribution in [2.24, 2.45) is 5.92 Å². The normalized spacial score (nSPS) is 10.9. The Labute approximate surface area is 104 Å². The average molecular weight is 238 g/mol. The molecule has 1 aromatic rings. The summed E-state index contributed by atoms with van der Waals surface area (Å²) < 4.78 is 12.7. The van der Waals surface area contributed by atoms with E-state index in [2.05, 4.69) is 24.1 Å². The summed E-state index contributed by atoms with van der Waals surface area (Å²) in [5.74, 6) is 0.519. The van der Waals surface area contributed by atoms with Gasteiger partial charge in [-0.25, -0.2) is 4.39 Å². The molecule has 3 heteroatoms. The van der Waals surface area contributed by atoms with Crippen LogP contribution in [0, 0.1) is 11.7 Å². The van der Waals surface area contributed by atoms with Gasteiger partial charge in [-0.05, 0) is 49.7 Å². The number of hydrogen-bond donors (Lipinski definition) is 1. The maximum atomic E-state index is 12.7. The van der Waals surface area contributed by atoms with Crippen LogP contribution in [-0.4, -0.2) is 26.7 Å². The molecule has 17 heavy (non-hydrogen) atoms. The van der Waals surface area contributed by atoms with E-state index < -0.39 is 0 Å². The third kappa shape index (κ3) is 5.68. The number of halogens is 1. The maximum Gasteiger partial charge on any atom is 0.123 e. The zero-order chi connectivity index (χ0) is 12.7. The van der Waals surface area contributed by atoms with Gasteiger partial charge in [-0.15, -0.1) is 0 Å². The van der Waals surface area contributed by atoms with Gasteiger partial charge in [-0.1, -0.05) is 13.8 Å². The van der Waals surface area contributed by atoms with Crippen molar-refractivity contribution in [2.45, 2.75) is 20.3 Å². The Bertz CT molecular complexity index is 309. The van der Waals surface area contributed by atoms with Crippen LogP contribution < -0.4 is 10.2 Å². The molecule has 0 fully saturated rings. The molecule has 2 nitrogen and oxygen atoms in total. The first kappa shape index (κ1) is 14.0. The van der Waals surface area contributed by atoms with Crippen LogP contribution in [-0.2, 0) is 0 Å². The van der Waals surface area contributed by atoms with Crippen molar-refractivity contribution in [1.82, 2.24) is 5.32 Å². The van der Waals surface area contributed by atoms with E-state index in [-0.39, 0.29) is 5.82 Å². The number of rotatable bonds is 7. The lowest BCUT2D eigenvalue weighted by Gasteiger charge is -2.19. The minimum atomic E-state index is -0.180. The number of benzene rings is 1. The first-order valence-electron chi connectivity index (χ1n) is 6.27. The van der Waals surface area contributed by atoms with Crippen LogP contribution in [0.1, 0.15) is 20.3 Å². The summed E-state index contributed by atoms with van der Waals surface area (Å²) in [6.45, 7) is 7.50. The van der Waals surface area contributed by atoms with Gasteiger partial charge in [-0.3, -0.25) is 0 Å². The van der Waals surface area contributed by atoms with E-state index in [1.54, 1.807) is 0 Å². The second-order valence-electron chi connectivity index (χ2n) is 4.85. The molecule has 0 aliphatic heterocycles. The predicted octanol–water partition coefficient (Wildman–Crippen LogP) is 2.90. The van der Waals surface area contributed by atoms with Crippen LogP contribution in [0.5, 0.6) is 0 Å². The highest BCUT2D eigenvalue weighted by Crippen LogP contribution is 2.12. The second-order valence-corrected chi connectivity index (χ2v) is 4.85. The van der Waals surface area contributed by atoms with Crippen molar-refractivity contribution < 1.29 is 4.39 Å². The third-order valence-electron chi connectivity index (χ3n) is 2.67. The fourth-order valence-electron chi connectivity index (χ4n) is 1.66. The molecule has 96 valence electrons. The van der Waals surface area contributed by atoms with Crippen LogP contribution in [0.4, 0.5) is 10.1 Å². The maximum absolute atomic E-state index is 12.7. The van der Waals surface area contributed by atoms with Crippen LogP contribution in [0.25, 0.3) is 0 Å². The van der Waals surface area contributed by atoms with Crippen LogP contribution in [0.15, 0.2) is 24.3 Å². The van der Waals surface area contributed by atoms with Crippen LogP contribution in [0.2, 0.25) is 0 Å². The largest absolute Gasteiger partial charge is 0.375 e. The molecule has 0 radical (unpaired) electrons. The molecule has 0 aliphatic carbocycles. The molecule has 1 rings (SSSR count). The lowest BCUT2D eigenvalue weighted by atomic mass is 10.2. The molecule has 1 aromatic carbocycles. The van der Waals surface area contributed by atoms with Gasteiger partial charge in [0.25, 0.3) is 0 Å². The molecule has 1 N–H and O–H groups in total. The molecule has 0 saturated carbocycles. The summed E-state index contributed by atoms with van der Waals surface area (Å²) in [5, 5.41) is 3.41. The molecular weight excluding hydrogens is 215 g/mol. The Kier molecular flexibility index (Phi) is 5.98. The topological polar surface area (TPSA) is 15.3 Å².